The first-order valence-corrected chi connectivity index (χ1v) is 5.65. The highest BCUT2D eigenvalue weighted by molar-refractivity contribution is 5.22. The van der Waals surface area contributed by atoms with Gasteiger partial charge < -0.3 is 5.11 Å². The third-order valence-corrected chi connectivity index (χ3v) is 2.61. The molecular weight excluding hydrogens is 269 g/mol. The topological polar surface area (TPSA) is 23.5 Å². The predicted molar refractivity (Wildman–Crippen MR) is 59.5 cm³/mol. The fraction of sp³-hybridized carbons (Fsp3) is 0.500. The molecule has 0 fully saturated rings. The normalized spacial score (nSPS) is 13.9. The lowest BCUT2D eigenvalue weighted by atomic mass is 10.1. The molecule has 0 radical (unpaired) electrons. The van der Waals surface area contributed by atoms with Crippen LogP contribution in [0.2, 0.25) is 0 Å². The van der Waals surface area contributed by atoms with Crippen LogP contribution in [0.25, 0.3) is 0 Å². The Balaban J connectivity index is 2.80. The van der Waals surface area contributed by atoms with E-state index in [1.54, 1.807) is 0 Å². The average Bonchev–Trinajstić information content (AvgIpc) is 2.25. The maximum Gasteiger partial charge on any atom is 0.401 e. The number of hydrogen-bond donors (Lipinski definition) is 1. The van der Waals surface area contributed by atoms with E-state index in [9.17, 15) is 27.1 Å². The zero-order chi connectivity index (χ0) is 14.6. The van der Waals surface area contributed by atoms with Crippen LogP contribution in [0.15, 0.2) is 18.2 Å². The molecule has 2 nitrogen and oxygen atoms in total. The molecule has 0 bridgehead atoms. The Morgan fingerprint density at radius 3 is 2.16 bits per heavy atom. The van der Waals surface area contributed by atoms with E-state index in [0.29, 0.717) is 0 Å². The Morgan fingerprint density at radius 2 is 1.74 bits per heavy atom. The van der Waals surface area contributed by atoms with Crippen LogP contribution >= 0.6 is 0 Å². The van der Waals surface area contributed by atoms with Crippen molar-refractivity contribution in [2.75, 3.05) is 19.6 Å². The number of halogens is 5. The summed E-state index contributed by atoms with van der Waals surface area (Å²) in [4.78, 5) is 0.872. The highest BCUT2D eigenvalue weighted by Gasteiger charge is 2.31. The molecule has 0 aliphatic carbocycles. The first-order chi connectivity index (χ1) is 8.74. The second-order valence-electron chi connectivity index (χ2n) is 4.09. The quantitative estimate of drug-likeness (QED) is 0.840. The molecule has 1 aromatic rings. The Hall–Kier alpha value is -1.21. The monoisotopic (exact) mass is 283 g/mol. The number of hydrogen-bond acceptors (Lipinski definition) is 2. The molecule has 0 aliphatic heterocycles. The summed E-state index contributed by atoms with van der Waals surface area (Å²) in [5, 5.41) is 9.69. The van der Waals surface area contributed by atoms with Gasteiger partial charge in [0.1, 0.15) is 11.6 Å². The highest BCUT2D eigenvalue weighted by atomic mass is 19.4. The van der Waals surface area contributed by atoms with Gasteiger partial charge in [0.2, 0.25) is 0 Å². The molecule has 0 spiro atoms. The SMILES string of the molecule is CCN(CC(O)c1c(F)cccc1F)CC(F)(F)F. The van der Waals surface area contributed by atoms with Crippen LogP contribution in [-0.2, 0) is 0 Å². The van der Waals surface area contributed by atoms with Crippen molar-refractivity contribution in [2.24, 2.45) is 0 Å². The summed E-state index contributed by atoms with van der Waals surface area (Å²) < 4.78 is 63.4. The van der Waals surface area contributed by atoms with Crippen molar-refractivity contribution >= 4 is 0 Å². The maximum absolute atomic E-state index is 13.4. The number of rotatable bonds is 5. The second-order valence-corrected chi connectivity index (χ2v) is 4.09. The van der Waals surface area contributed by atoms with Gasteiger partial charge in [0.05, 0.1) is 18.2 Å². The first kappa shape index (κ1) is 15.8. The Morgan fingerprint density at radius 1 is 1.21 bits per heavy atom. The molecule has 0 amide bonds. The van der Waals surface area contributed by atoms with Crippen molar-refractivity contribution in [1.29, 1.82) is 0 Å². The second kappa shape index (κ2) is 6.29. The van der Waals surface area contributed by atoms with E-state index in [-0.39, 0.29) is 6.54 Å². The van der Waals surface area contributed by atoms with Crippen LogP contribution in [0, 0.1) is 11.6 Å². The van der Waals surface area contributed by atoms with Crippen molar-refractivity contribution in [3.8, 4) is 0 Å². The molecule has 0 saturated heterocycles. The molecule has 1 N–H and O–H groups in total. The Bertz CT molecular complexity index is 401. The van der Waals surface area contributed by atoms with E-state index in [0.717, 1.165) is 23.1 Å². The standard InChI is InChI=1S/C12H14F5NO/c1-2-18(7-12(15,16)17)6-10(19)11-8(13)4-3-5-9(11)14/h3-5,10,19H,2,6-7H2,1H3. The zero-order valence-corrected chi connectivity index (χ0v) is 10.2. The fourth-order valence-electron chi connectivity index (χ4n) is 1.72. The molecule has 19 heavy (non-hydrogen) atoms. The lowest BCUT2D eigenvalue weighted by molar-refractivity contribution is -0.148. The van der Waals surface area contributed by atoms with Crippen molar-refractivity contribution < 1.29 is 27.1 Å². The predicted octanol–water partition coefficient (Wildman–Crippen LogP) is 2.88. The van der Waals surface area contributed by atoms with Crippen LogP contribution < -0.4 is 0 Å². The Kier molecular flexibility index (Phi) is 5.25. The minimum absolute atomic E-state index is 0.00659. The third kappa shape index (κ3) is 4.76. The molecule has 0 aromatic heterocycles. The van der Waals surface area contributed by atoms with Gasteiger partial charge in [-0.3, -0.25) is 4.90 Å². The van der Waals surface area contributed by atoms with E-state index < -0.39 is 42.6 Å². The molecular formula is C12H14F5NO. The largest absolute Gasteiger partial charge is 0.401 e. The fourth-order valence-corrected chi connectivity index (χ4v) is 1.72. The number of aliphatic hydroxyl groups is 1. The summed E-state index contributed by atoms with van der Waals surface area (Å²) in [6.07, 6.45) is -6.08. The van der Waals surface area contributed by atoms with Crippen LogP contribution in [0.5, 0.6) is 0 Å². The minimum Gasteiger partial charge on any atom is -0.387 e. The summed E-state index contributed by atoms with van der Waals surface area (Å²) in [6.45, 7) is -0.257. The number of aliphatic hydroxyl groups excluding tert-OH is 1. The van der Waals surface area contributed by atoms with Gasteiger partial charge in [-0.2, -0.15) is 13.2 Å². The Labute approximate surface area is 107 Å². The molecule has 1 aromatic carbocycles. The van der Waals surface area contributed by atoms with Crippen LogP contribution in [0.3, 0.4) is 0 Å². The average molecular weight is 283 g/mol. The lowest BCUT2D eigenvalue weighted by Crippen LogP contribution is -2.37. The van der Waals surface area contributed by atoms with Gasteiger partial charge in [-0.05, 0) is 18.7 Å². The van der Waals surface area contributed by atoms with E-state index in [2.05, 4.69) is 0 Å². The first-order valence-electron chi connectivity index (χ1n) is 5.65. The summed E-state index contributed by atoms with van der Waals surface area (Å²) >= 11 is 0. The summed E-state index contributed by atoms with van der Waals surface area (Å²) in [6, 6.07) is 3.01. The maximum atomic E-state index is 13.4. The summed E-state index contributed by atoms with van der Waals surface area (Å²) in [5.41, 5.74) is -0.608. The van der Waals surface area contributed by atoms with Gasteiger partial charge in [-0.15, -0.1) is 0 Å². The molecule has 1 rings (SSSR count). The van der Waals surface area contributed by atoms with Gasteiger partial charge in [-0.25, -0.2) is 8.78 Å². The number of nitrogens with zero attached hydrogens (tertiary/aromatic N) is 1. The van der Waals surface area contributed by atoms with Gasteiger partial charge in [0.25, 0.3) is 0 Å². The van der Waals surface area contributed by atoms with E-state index in [4.69, 9.17) is 0 Å². The lowest BCUT2D eigenvalue weighted by Gasteiger charge is -2.25. The van der Waals surface area contributed by atoms with E-state index in [1.807, 2.05) is 0 Å². The zero-order valence-electron chi connectivity index (χ0n) is 10.2. The van der Waals surface area contributed by atoms with E-state index >= 15 is 0 Å². The van der Waals surface area contributed by atoms with Gasteiger partial charge >= 0.3 is 6.18 Å². The van der Waals surface area contributed by atoms with Gasteiger partial charge in [0.15, 0.2) is 0 Å². The highest BCUT2D eigenvalue weighted by Crippen LogP contribution is 2.23. The molecule has 7 heteroatoms. The smallest absolute Gasteiger partial charge is 0.387 e. The molecule has 1 atom stereocenters. The molecule has 0 aliphatic rings. The molecule has 0 heterocycles. The van der Waals surface area contributed by atoms with Crippen molar-refractivity contribution in [3.63, 3.8) is 0 Å². The number of likely N-dealkylation sites (N-methyl/N-ethyl adjacent to an activating group) is 1. The van der Waals surface area contributed by atoms with Crippen molar-refractivity contribution in [2.45, 2.75) is 19.2 Å². The molecule has 0 saturated carbocycles. The number of benzene rings is 1. The van der Waals surface area contributed by atoms with Crippen molar-refractivity contribution in [1.82, 2.24) is 4.90 Å². The van der Waals surface area contributed by atoms with E-state index in [1.165, 1.54) is 6.92 Å². The molecule has 1 unspecified atom stereocenters. The molecule has 108 valence electrons. The van der Waals surface area contributed by atoms with Gasteiger partial charge in [-0.1, -0.05) is 13.0 Å². The number of alkyl halides is 3. The van der Waals surface area contributed by atoms with Crippen LogP contribution in [0.4, 0.5) is 22.0 Å². The minimum atomic E-state index is -4.43. The van der Waals surface area contributed by atoms with Crippen molar-refractivity contribution in [3.05, 3.63) is 35.4 Å². The van der Waals surface area contributed by atoms with Gasteiger partial charge in [0, 0.05) is 6.54 Å². The van der Waals surface area contributed by atoms with Crippen LogP contribution in [-0.4, -0.2) is 35.8 Å². The summed E-state index contributed by atoms with van der Waals surface area (Å²) in [5.74, 6) is -1.95. The summed E-state index contributed by atoms with van der Waals surface area (Å²) in [7, 11) is 0. The van der Waals surface area contributed by atoms with Crippen LogP contribution in [0.1, 0.15) is 18.6 Å². The third-order valence-electron chi connectivity index (χ3n) is 2.61.